The number of Topliss-reactive ketones (excluding diaryl/α,β-unsaturated/α-hetero) is 1. The van der Waals surface area contributed by atoms with E-state index in [1.807, 2.05) is 0 Å². The van der Waals surface area contributed by atoms with E-state index in [4.69, 9.17) is 0 Å². The zero-order valence-electron chi connectivity index (χ0n) is 12.6. The Morgan fingerprint density at radius 1 is 1.22 bits per heavy atom. The molecule has 4 nitrogen and oxygen atoms in total. The summed E-state index contributed by atoms with van der Waals surface area (Å²) in [7, 11) is 0. The van der Waals surface area contributed by atoms with Gasteiger partial charge in [-0.05, 0) is 13.3 Å². The summed E-state index contributed by atoms with van der Waals surface area (Å²) < 4.78 is 40.7. The number of alkyl halides is 3. The third-order valence-electron chi connectivity index (χ3n) is 3.30. The van der Waals surface area contributed by atoms with Crippen LogP contribution in [0.15, 0.2) is 35.1 Å². The molecule has 0 aliphatic rings. The fraction of sp³-hybridized carbons (Fsp3) is 0.312. The highest BCUT2D eigenvalue weighted by molar-refractivity contribution is 5.76. The smallest absolute Gasteiger partial charge is 0.298 e. The van der Waals surface area contributed by atoms with Gasteiger partial charge in [-0.3, -0.25) is 14.2 Å². The predicted molar refractivity (Wildman–Crippen MR) is 79.0 cm³/mol. The van der Waals surface area contributed by atoms with Gasteiger partial charge in [-0.25, -0.2) is 4.98 Å². The largest absolute Gasteiger partial charge is 0.433 e. The van der Waals surface area contributed by atoms with Crippen LogP contribution in [-0.2, 0) is 23.9 Å². The maximum atomic E-state index is 13.2. The minimum atomic E-state index is -4.73. The number of halogens is 3. The van der Waals surface area contributed by atoms with Crippen molar-refractivity contribution in [3.05, 3.63) is 51.9 Å². The SMILES string of the molecule is CCc1c(C(F)(F)F)nc(-c2ccccc2)n(CC(C)=O)c1=O. The maximum absolute atomic E-state index is 13.2. The lowest BCUT2D eigenvalue weighted by atomic mass is 10.1. The highest BCUT2D eigenvalue weighted by Crippen LogP contribution is 2.31. The molecule has 0 fully saturated rings. The van der Waals surface area contributed by atoms with Crippen molar-refractivity contribution in [1.29, 1.82) is 0 Å². The minimum absolute atomic E-state index is 0.117. The van der Waals surface area contributed by atoms with Crippen LogP contribution in [0.2, 0.25) is 0 Å². The van der Waals surface area contributed by atoms with Crippen molar-refractivity contribution >= 4 is 5.78 Å². The van der Waals surface area contributed by atoms with Crippen LogP contribution in [-0.4, -0.2) is 15.3 Å². The van der Waals surface area contributed by atoms with Crippen molar-refractivity contribution in [3.63, 3.8) is 0 Å². The molecule has 0 atom stereocenters. The zero-order chi connectivity index (χ0) is 17.2. The van der Waals surface area contributed by atoms with Gasteiger partial charge < -0.3 is 0 Å². The highest BCUT2D eigenvalue weighted by atomic mass is 19.4. The first-order valence-electron chi connectivity index (χ1n) is 7.01. The summed E-state index contributed by atoms with van der Waals surface area (Å²) in [6, 6.07) is 8.04. The Balaban J connectivity index is 2.85. The Hall–Kier alpha value is -2.44. The molecule has 0 saturated carbocycles. The van der Waals surface area contributed by atoms with Crippen molar-refractivity contribution in [2.24, 2.45) is 0 Å². The van der Waals surface area contributed by atoms with Gasteiger partial charge in [-0.1, -0.05) is 37.3 Å². The van der Waals surface area contributed by atoms with E-state index in [0.29, 0.717) is 5.56 Å². The number of nitrogens with zero attached hydrogens (tertiary/aromatic N) is 2. The van der Waals surface area contributed by atoms with Crippen LogP contribution in [0.3, 0.4) is 0 Å². The summed E-state index contributed by atoms with van der Waals surface area (Å²) in [4.78, 5) is 27.6. The van der Waals surface area contributed by atoms with Crippen molar-refractivity contribution in [2.45, 2.75) is 33.0 Å². The monoisotopic (exact) mass is 324 g/mol. The second kappa shape index (κ2) is 6.36. The normalized spacial score (nSPS) is 11.5. The Kier molecular flexibility index (Phi) is 4.68. The van der Waals surface area contributed by atoms with Gasteiger partial charge in [0.05, 0.1) is 6.54 Å². The molecule has 0 radical (unpaired) electrons. The van der Waals surface area contributed by atoms with Gasteiger partial charge in [-0.2, -0.15) is 13.2 Å². The van der Waals surface area contributed by atoms with Crippen LogP contribution in [0, 0.1) is 0 Å². The van der Waals surface area contributed by atoms with Gasteiger partial charge >= 0.3 is 6.18 Å². The van der Waals surface area contributed by atoms with Crippen LogP contribution < -0.4 is 5.56 Å². The molecule has 0 aliphatic heterocycles. The second-order valence-corrected chi connectivity index (χ2v) is 5.07. The van der Waals surface area contributed by atoms with Gasteiger partial charge in [0.25, 0.3) is 5.56 Å². The number of ketones is 1. The number of rotatable bonds is 4. The van der Waals surface area contributed by atoms with Crippen LogP contribution in [0.25, 0.3) is 11.4 Å². The van der Waals surface area contributed by atoms with Crippen molar-refractivity contribution < 1.29 is 18.0 Å². The van der Waals surface area contributed by atoms with E-state index in [9.17, 15) is 22.8 Å². The summed E-state index contributed by atoms with van der Waals surface area (Å²) in [6.07, 6.45) is -4.85. The Labute approximate surface area is 130 Å². The fourth-order valence-electron chi connectivity index (χ4n) is 2.32. The third kappa shape index (κ3) is 3.49. The Morgan fingerprint density at radius 2 is 1.83 bits per heavy atom. The molecular weight excluding hydrogens is 309 g/mol. The number of aromatic nitrogens is 2. The summed E-state index contributed by atoms with van der Waals surface area (Å²) >= 11 is 0. The molecule has 0 spiro atoms. The minimum Gasteiger partial charge on any atom is -0.298 e. The first-order valence-corrected chi connectivity index (χ1v) is 7.01. The van der Waals surface area contributed by atoms with Crippen molar-refractivity contribution in [3.8, 4) is 11.4 Å². The maximum Gasteiger partial charge on any atom is 0.433 e. The average molecular weight is 324 g/mol. The molecule has 0 unspecified atom stereocenters. The molecule has 0 aliphatic carbocycles. The lowest BCUT2D eigenvalue weighted by molar-refractivity contribution is -0.142. The summed E-state index contributed by atoms with van der Waals surface area (Å²) in [5.74, 6) is -0.497. The second-order valence-electron chi connectivity index (χ2n) is 5.07. The van der Waals surface area contributed by atoms with Crippen LogP contribution >= 0.6 is 0 Å². The summed E-state index contributed by atoms with van der Waals surface area (Å²) in [5, 5.41) is 0. The van der Waals surface area contributed by atoms with Gasteiger partial charge in [0, 0.05) is 11.1 Å². The molecule has 0 N–H and O–H groups in total. The van der Waals surface area contributed by atoms with Gasteiger partial charge in [0.1, 0.15) is 11.6 Å². The molecule has 0 saturated heterocycles. The van der Waals surface area contributed by atoms with E-state index >= 15 is 0 Å². The van der Waals surface area contributed by atoms with E-state index in [-0.39, 0.29) is 24.6 Å². The summed E-state index contributed by atoms with van der Waals surface area (Å²) in [5.41, 5.74) is -2.11. The topological polar surface area (TPSA) is 52.0 Å². The molecule has 23 heavy (non-hydrogen) atoms. The number of carbonyl (C=O) groups is 1. The molecule has 1 aromatic carbocycles. The van der Waals surface area contributed by atoms with Gasteiger partial charge in [0.2, 0.25) is 0 Å². The van der Waals surface area contributed by atoms with Gasteiger partial charge in [-0.15, -0.1) is 0 Å². The molecule has 122 valence electrons. The molecule has 2 aromatic rings. The molecular formula is C16H15F3N2O2. The molecule has 7 heteroatoms. The summed E-state index contributed by atoms with van der Waals surface area (Å²) in [6.45, 7) is 2.40. The van der Waals surface area contributed by atoms with Crippen LogP contribution in [0.5, 0.6) is 0 Å². The molecule has 0 bridgehead atoms. The van der Waals surface area contributed by atoms with Crippen molar-refractivity contribution in [2.75, 3.05) is 0 Å². The first-order chi connectivity index (χ1) is 10.8. The number of benzene rings is 1. The standard InChI is InChI=1S/C16H15F3N2O2/c1-3-12-13(16(17,18)19)20-14(11-7-5-4-6-8-11)21(15(12)23)9-10(2)22/h4-8H,3,9H2,1-2H3. The Bertz CT molecular complexity index is 780. The van der Waals surface area contributed by atoms with E-state index in [2.05, 4.69) is 4.98 Å². The number of carbonyl (C=O) groups excluding carboxylic acids is 1. The fourth-order valence-corrected chi connectivity index (χ4v) is 2.32. The lowest BCUT2D eigenvalue weighted by Gasteiger charge is -2.17. The zero-order valence-corrected chi connectivity index (χ0v) is 12.6. The predicted octanol–water partition coefficient (Wildman–Crippen LogP) is 3.08. The van der Waals surface area contributed by atoms with E-state index < -0.39 is 23.0 Å². The van der Waals surface area contributed by atoms with E-state index in [1.54, 1.807) is 30.3 Å². The van der Waals surface area contributed by atoms with E-state index in [1.165, 1.54) is 13.8 Å². The molecule has 0 amide bonds. The highest BCUT2D eigenvalue weighted by Gasteiger charge is 2.37. The number of hydrogen-bond donors (Lipinski definition) is 0. The molecule has 2 rings (SSSR count). The lowest BCUT2D eigenvalue weighted by Crippen LogP contribution is -2.32. The first kappa shape index (κ1) is 16.9. The van der Waals surface area contributed by atoms with Crippen LogP contribution in [0.1, 0.15) is 25.1 Å². The molecule has 1 heterocycles. The van der Waals surface area contributed by atoms with Crippen molar-refractivity contribution in [1.82, 2.24) is 9.55 Å². The average Bonchev–Trinajstić information content (AvgIpc) is 2.48. The third-order valence-corrected chi connectivity index (χ3v) is 3.30. The number of hydrogen-bond acceptors (Lipinski definition) is 3. The molecule has 1 aromatic heterocycles. The quantitative estimate of drug-likeness (QED) is 0.868. The van der Waals surface area contributed by atoms with Crippen LogP contribution in [0.4, 0.5) is 13.2 Å². The van der Waals surface area contributed by atoms with E-state index in [0.717, 1.165) is 4.57 Å². The Morgan fingerprint density at radius 3 is 2.30 bits per heavy atom. The van der Waals surface area contributed by atoms with Gasteiger partial charge in [0.15, 0.2) is 5.69 Å².